The van der Waals surface area contributed by atoms with E-state index in [2.05, 4.69) is 98.9 Å². The van der Waals surface area contributed by atoms with Crippen LogP contribution < -0.4 is 0 Å². The predicted molar refractivity (Wildman–Crippen MR) is 228 cm³/mol. The largest absolute Gasteiger partial charge is 0.472 e. The molecule has 0 amide bonds. The van der Waals surface area contributed by atoms with E-state index in [1.165, 1.54) is 38.5 Å². The molecule has 2 unspecified atom stereocenters. The Bertz CT molecular complexity index is 1130. The number of likely N-dealkylation sites (N-methyl/N-ethyl adjacent to an activating group) is 1. The highest BCUT2D eigenvalue weighted by Crippen LogP contribution is 2.43. The summed E-state index contributed by atoms with van der Waals surface area (Å²) in [6.07, 6.45) is 49.1. The fourth-order valence-corrected chi connectivity index (χ4v) is 5.70. The van der Waals surface area contributed by atoms with Crippen LogP contribution >= 0.6 is 7.82 Å². The number of phosphoric acid groups is 1. The number of quaternary nitrogens is 1. The predicted octanol–water partition coefficient (Wildman–Crippen LogP) is 12.1. The first-order chi connectivity index (χ1) is 26.1. The summed E-state index contributed by atoms with van der Waals surface area (Å²) < 4.78 is 34.9. The summed E-state index contributed by atoms with van der Waals surface area (Å²) in [4.78, 5) is 22.8. The summed E-state index contributed by atoms with van der Waals surface area (Å²) in [5, 5.41) is 0. The molecule has 0 rings (SSSR count). The van der Waals surface area contributed by atoms with Crippen LogP contribution in [0.25, 0.3) is 0 Å². The molecular formula is C45H79NO7P+. The molecule has 0 saturated heterocycles. The van der Waals surface area contributed by atoms with E-state index in [1.54, 1.807) is 0 Å². The van der Waals surface area contributed by atoms with Gasteiger partial charge in [0.15, 0.2) is 0 Å². The molecule has 0 radical (unpaired) electrons. The fourth-order valence-electron chi connectivity index (χ4n) is 4.96. The summed E-state index contributed by atoms with van der Waals surface area (Å²) in [5.74, 6) is -0.378. The van der Waals surface area contributed by atoms with Crippen LogP contribution in [-0.2, 0) is 27.9 Å². The Kier molecular flexibility index (Phi) is 36.0. The molecule has 0 saturated carbocycles. The number of phosphoric ester groups is 1. The third-order valence-corrected chi connectivity index (χ3v) is 9.17. The lowest BCUT2D eigenvalue weighted by Crippen LogP contribution is -2.37. The SMILES string of the molecule is CC/C=C\C/C=C\C/C=C\C/C=C\C/C=C\CCCC(=O)OC(COCCCCCCCC/C=C\C/C=C\CCCC)COP(=O)(O)OCC[N+](C)(C)C. The standard InChI is InChI=1S/C45H78NO7P/c1-6-8-10-12-14-16-18-20-22-23-24-26-28-30-32-34-36-38-45(47)53-44(43-52-54(48,49)51-41-39-46(3,4)5)42-50-40-37-35-33-31-29-27-25-21-19-17-15-13-11-9-7-2/h8,10,13-16,19-22,24,26,30,32,44H,6-7,9,11-12,17-18,23,25,27-29,31,33-43H2,1-5H3/p+1/b10-8-,15-13-,16-14-,21-19-,22-20-,26-24-,32-30-. The fraction of sp³-hybridized carbons (Fsp3) is 0.667. The van der Waals surface area contributed by atoms with Crippen LogP contribution in [0.5, 0.6) is 0 Å². The number of unbranched alkanes of at least 4 members (excludes halogenated alkanes) is 9. The monoisotopic (exact) mass is 777 g/mol. The average molecular weight is 777 g/mol. The molecule has 0 bridgehead atoms. The zero-order valence-electron chi connectivity index (χ0n) is 34.9. The number of nitrogens with zero attached hydrogens (tertiary/aromatic N) is 1. The Morgan fingerprint density at radius 2 is 1.07 bits per heavy atom. The van der Waals surface area contributed by atoms with E-state index in [1.807, 2.05) is 21.1 Å². The van der Waals surface area contributed by atoms with Crippen molar-refractivity contribution in [2.24, 2.45) is 0 Å². The Morgan fingerprint density at radius 3 is 1.61 bits per heavy atom. The van der Waals surface area contributed by atoms with E-state index in [9.17, 15) is 14.3 Å². The molecule has 0 aliphatic heterocycles. The van der Waals surface area contributed by atoms with Gasteiger partial charge in [-0.05, 0) is 77.0 Å². The molecule has 9 heteroatoms. The Hall–Kier alpha value is -2.32. The maximum atomic E-state index is 12.6. The lowest BCUT2D eigenvalue weighted by molar-refractivity contribution is -0.870. The van der Waals surface area contributed by atoms with Gasteiger partial charge in [-0.3, -0.25) is 13.8 Å². The molecule has 0 spiro atoms. The number of carbonyl (C=O) groups excluding carboxylic acids is 1. The maximum Gasteiger partial charge on any atom is 0.472 e. The van der Waals surface area contributed by atoms with Crippen molar-refractivity contribution < 1.29 is 37.3 Å². The maximum absolute atomic E-state index is 12.6. The average Bonchev–Trinajstić information content (AvgIpc) is 3.12. The van der Waals surface area contributed by atoms with Crippen molar-refractivity contribution in [2.75, 3.05) is 54.1 Å². The lowest BCUT2D eigenvalue weighted by Gasteiger charge is -2.24. The van der Waals surface area contributed by atoms with E-state index in [0.29, 0.717) is 24.1 Å². The second kappa shape index (κ2) is 37.6. The van der Waals surface area contributed by atoms with Crippen molar-refractivity contribution >= 4 is 13.8 Å². The van der Waals surface area contributed by atoms with Crippen LogP contribution in [0.15, 0.2) is 85.1 Å². The van der Waals surface area contributed by atoms with Crippen LogP contribution in [0, 0.1) is 0 Å². The number of ether oxygens (including phenoxy) is 2. The van der Waals surface area contributed by atoms with Gasteiger partial charge < -0.3 is 18.9 Å². The van der Waals surface area contributed by atoms with Gasteiger partial charge in [0, 0.05) is 13.0 Å². The minimum Gasteiger partial charge on any atom is -0.457 e. The van der Waals surface area contributed by atoms with Gasteiger partial charge in [-0.15, -0.1) is 0 Å². The molecule has 310 valence electrons. The zero-order valence-corrected chi connectivity index (χ0v) is 35.8. The molecule has 1 N–H and O–H groups in total. The molecule has 0 aromatic heterocycles. The number of rotatable bonds is 37. The molecule has 0 aromatic rings. The molecular weight excluding hydrogens is 697 g/mol. The number of allylic oxidation sites excluding steroid dienone is 14. The van der Waals surface area contributed by atoms with E-state index in [0.717, 1.165) is 70.6 Å². The summed E-state index contributed by atoms with van der Waals surface area (Å²) in [5.41, 5.74) is 0. The lowest BCUT2D eigenvalue weighted by atomic mass is 10.1. The molecule has 54 heavy (non-hydrogen) atoms. The topological polar surface area (TPSA) is 91.3 Å². The molecule has 0 aliphatic rings. The van der Waals surface area contributed by atoms with E-state index in [4.69, 9.17) is 18.5 Å². The highest BCUT2D eigenvalue weighted by Gasteiger charge is 2.26. The number of hydrogen-bond donors (Lipinski definition) is 1. The van der Waals surface area contributed by atoms with Crippen LogP contribution in [0.4, 0.5) is 0 Å². The minimum absolute atomic E-state index is 0.0710. The Balaban J connectivity index is 4.41. The van der Waals surface area contributed by atoms with Gasteiger partial charge in [-0.25, -0.2) is 4.57 Å². The first-order valence-corrected chi connectivity index (χ1v) is 22.3. The van der Waals surface area contributed by atoms with Gasteiger partial charge in [0.1, 0.15) is 19.3 Å². The van der Waals surface area contributed by atoms with Gasteiger partial charge in [0.2, 0.25) is 0 Å². The van der Waals surface area contributed by atoms with Crippen LogP contribution in [0.1, 0.15) is 136 Å². The second-order valence-corrected chi connectivity index (χ2v) is 16.1. The normalized spacial score (nSPS) is 14.7. The molecule has 0 aliphatic carbocycles. The molecule has 0 fully saturated rings. The van der Waals surface area contributed by atoms with E-state index < -0.39 is 13.9 Å². The summed E-state index contributed by atoms with van der Waals surface area (Å²) >= 11 is 0. The van der Waals surface area contributed by atoms with Crippen molar-refractivity contribution in [1.82, 2.24) is 0 Å². The van der Waals surface area contributed by atoms with Gasteiger partial charge in [0.25, 0.3) is 0 Å². The number of esters is 1. The van der Waals surface area contributed by atoms with Crippen molar-refractivity contribution in [3.63, 3.8) is 0 Å². The first-order valence-electron chi connectivity index (χ1n) is 20.8. The summed E-state index contributed by atoms with van der Waals surface area (Å²) in [6, 6.07) is 0. The quantitative estimate of drug-likeness (QED) is 0.0221. The van der Waals surface area contributed by atoms with Crippen molar-refractivity contribution in [3.8, 4) is 0 Å². The van der Waals surface area contributed by atoms with Crippen LogP contribution in [0.3, 0.4) is 0 Å². The summed E-state index contributed by atoms with van der Waals surface area (Å²) in [6.45, 7) is 5.33. The van der Waals surface area contributed by atoms with E-state index >= 15 is 0 Å². The van der Waals surface area contributed by atoms with Gasteiger partial charge in [-0.1, -0.05) is 137 Å². The summed E-state index contributed by atoms with van der Waals surface area (Å²) in [7, 11) is 1.61. The highest BCUT2D eigenvalue weighted by molar-refractivity contribution is 7.47. The third-order valence-electron chi connectivity index (χ3n) is 8.19. The first kappa shape index (κ1) is 51.7. The minimum atomic E-state index is -4.30. The Morgan fingerprint density at radius 1 is 0.593 bits per heavy atom. The third kappa shape index (κ3) is 40.9. The highest BCUT2D eigenvalue weighted by atomic mass is 31.2. The molecule has 0 aromatic carbocycles. The molecule has 8 nitrogen and oxygen atoms in total. The van der Waals surface area contributed by atoms with Gasteiger partial charge in [-0.2, -0.15) is 0 Å². The molecule has 2 atom stereocenters. The van der Waals surface area contributed by atoms with Crippen LogP contribution in [-0.4, -0.2) is 75.6 Å². The van der Waals surface area contributed by atoms with Crippen LogP contribution in [0.2, 0.25) is 0 Å². The van der Waals surface area contributed by atoms with Gasteiger partial charge >= 0.3 is 13.8 Å². The van der Waals surface area contributed by atoms with E-state index in [-0.39, 0.29) is 32.2 Å². The smallest absolute Gasteiger partial charge is 0.457 e. The zero-order chi connectivity index (χ0) is 39.9. The second-order valence-electron chi connectivity index (χ2n) is 14.6. The van der Waals surface area contributed by atoms with Gasteiger partial charge in [0.05, 0.1) is 34.4 Å². The van der Waals surface area contributed by atoms with Crippen molar-refractivity contribution in [3.05, 3.63) is 85.1 Å². The number of carbonyl (C=O) groups is 1. The number of hydrogen-bond acceptors (Lipinski definition) is 6. The van der Waals surface area contributed by atoms with Crippen molar-refractivity contribution in [1.29, 1.82) is 0 Å². The Labute approximate surface area is 331 Å². The van der Waals surface area contributed by atoms with Crippen molar-refractivity contribution in [2.45, 2.75) is 142 Å². The molecule has 0 heterocycles.